The summed E-state index contributed by atoms with van der Waals surface area (Å²) in [7, 11) is 0. The maximum atomic E-state index is 10.7. The lowest BCUT2D eigenvalue weighted by Gasteiger charge is -2.08. The minimum Gasteiger partial charge on any atom is -0.461 e. The molecule has 1 aliphatic heterocycles. The van der Waals surface area contributed by atoms with Crippen LogP contribution in [0.4, 0.5) is 0 Å². The lowest BCUT2D eigenvalue weighted by Crippen LogP contribution is -2.20. The van der Waals surface area contributed by atoms with E-state index >= 15 is 0 Å². The Morgan fingerprint density at radius 1 is 1.73 bits per heavy atom. The fourth-order valence-corrected chi connectivity index (χ4v) is 0.998. The zero-order valence-electron chi connectivity index (χ0n) is 6.63. The van der Waals surface area contributed by atoms with E-state index in [4.69, 9.17) is 4.74 Å². The van der Waals surface area contributed by atoms with Gasteiger partial charge in [-0.15, -0.1) is 12.4 Å². The summed E-state index contributed by atoms with van der Waals surface area (Å²) >= 11 is 0. The van der Waals surface area contributed by atoms with Gasteiger partial charge in [0, 0.05) is 13.0 Å². The number of rotatable bonds is 2. The fourth-order valence-electron chi connectivity index (χ4n) is 0.998. The highest BCUT2D eigenvalue weighted by molar-refractivity contribution is 5.85. The molecule has 1 N–H and O–H groups in total. The van der Waals surface area contributed by atoms with Crippen molar-refractivity contribution in [2.24, 2.45) is 0 Å². The van der Waals surface area contributed by atoms with Crippen LogP contribution >= 0.6 is 12.4 Å². The van der Waals surface area contributed by atoms with E-state index in [1.165, 1.54) is 0 Å². The zero-order valence-corrected chi connectivity index (χ0v) is 7.45. The smallest absolute Gasteiger partial charge is 0.305 e. The van der Waals surface area contributed by atoms with Gasteiger partial charge < -0.3 is 10.1 Å². The molecule has 0 aromatic rings. The van der Waals surface area contributed by atoms with Crippen molar-refractivity contribution >= 4 is 18.4 Å². The summed E-state index contributed by atoms with van der Waals surface area (Å²) in [6.45, 7) is 3.61. The number of esters is 1. The van der Waals surface area contributed by atoms with Gasteiger partial charge in [0.15, 0.2) is 0 Å². The second-order valence-corrected chi connectivity index (χ2v) is 2.46. The Morgan fingerprint density at radius 3 is 2.91 bits per heavy atom. The van der Waals surface area contributed by atoms with E-state index in [2.05, 4.69) is 5.32 Å². The van der Waals surface area contributed by atoms with E-state index in [0.717, 1.165) is 19.5 Å². The molecule has 66 valence electrons. The molecule has 1 fully saturated rings. The third-order valence-corrected chi connectivity index (χ3v) is 1.60. The molecular formula is C7H14ClNO2. The van der Waals surface area contributed by atoms with Crippen LogP contribution in [0.2, 0.25) is 0 Å². The van der Waals surface area contributed by atoms with Crippen LogP contribution in [0.15, 0.2) is 0 Å². The van der Waals surface area contributed by atoms with E-state index in [0.29, 0.717) is 6.42 Å². The molecule has 1 heterocycles. The molecule has 0 aromatic heterocycles. The summed E-state index contributed by atoms with van der Waals surface area (Å²) in [4.78, 5) is 10.7. The van der Waals surface area contributed by atoms with Gasteiger partial charge >= 0.3 is 5.97 Å². The maximum absolute atomic E-state index is 10.7. The fraction of sp³-hybridized carbons (Fsp3) is 0.857. The Labute approximate surface area is 72.9 Å². The molecule has 1 saturated heterocycles. The number of nitrogens with one attached hydrogen (secondary N) is 1. The average molecular weight is 180 g/mol. The van der Waals surface area contributed by atoms with Gasteiger partial charge in [-0.3, -0.25) is 4.79 Å². The van der Waals surface area contributed by atoms with Crippen molar-refractivity contribution in [1.82, 2.24) is 5.32 Å². The normalized spacial score (nSPS) is 22.5. The van der Waals surface area contributed by atoms with Gasteiger partial charge in [-0.2, -0.15) is 0 Å². The molecule has 1 rings (SSSR count). The lowest BCUT2D eigenvalue weighted by molar-refractivity contribution is -0.147. The molecule has 0 radical (unpaired) electrons. The SMILES string of the molecule is CCC(=O)O[C@H]1CCNC1.Cl. The Morgan fingerprint density at radius 2 is 2.45 bits per heavy atom. The van der Waals surface area contributed by atoms with Crippen LogP contribution in [0.1, 0.15) is 19.8 Å². The van der Waals surface area contributed by atoms with Crippen LogP contribution in [0.3, 0.4) is 0 Å². The van der Waals surface area contributed by atoms with Gasteiger partial charge in [-0.05, 0) is 13.0 Å². The minimum atomic E-state index is -0.0892. The van der Waals surface area contributed by atoms with Crippen molar-refractivity contribution < 1.29 is 9.53 Å². The molecule has 0 spiro atoms. The Balaban J connectivity index is 0.000001000. The molecule has 1 aliphatic rings. The molecular weight excluding hydrogens is 166 g/mol. The van der Waals surface area contributed by atoms with Gasteiger partial charge in [-0.1, -0.05) is 6.92 Å². The first kappa shape index (κ1) is 10.7. The van der Waals surface area contributed by atoms with E-state index in [-0.39, 0.29) is 24.5 Å². The van der Waals surface area contributed by atoms with Gasteiger partial charge in [0.05, 0.1) is 0 Å². The first-order chi connectivity index (χ1) is 4.83. The van der Waals surface area contributed by atoms with E-state index in [1.54, 1.807) is 0 Å². The minimum absolute atomic E-state index is 0. The molecule has 1 atom stereocenters. The number of carbonyl (C=O) groups excluding carboxylic acids is 1. The highest BCUT2D eigenvalue weighted by atomic mass is 35.5. The molecule has 3 nitrogen and oxygen atoms in total. The van der Waals surface area contributed by atoms with E-state index < -0.39 is 0 Å². The summed E-state index contributed by atoms with van der Waals surface area (Å²) in [5.74, 6) is -0.0892. The molecule has 11 heavy (non-hydrogen) atoms. The summed E-state index contributed by atoms with van der Waals surface area (Å²) in [6.07, 6.45) is 1.58. The number of carbonyl (C=O) groups is 1. The first-order valence-electron chi connectivity index (χ1n) is 3.73. The molecule has 0 amide bonds. The monoisotopic (exact) mass is 179 g/mol. The first-order valence-corrected chi connectivity index (χ1v) is 3.73. The van der Waals surface area contributed by atoms with Crippen LogP contribution in [-0.4, -0.2) is 25.2 Å². The van der Waals surface area contributed by atoms with Crippen LogP contribution < -0.4 is 5.32 Å². The van der Waals surface area contributed by atoms with Crippen LogP contribution in [0.25, 0.3) is 0 Å². The van der Waals surface area contributed by atoms with Gasteiger partial charge in [0.1, 0.15) is 6.10 Å². The standard InChI is InChI=1S/C7H13NO2.ClH/c1-2-7(9)10-6-3-4-8-5-6;/h6,8H,2-5H2,1H3;1H/t6-;/m0./s1. The predicted octanol–water partition coefficient (Wildman–Crippen LogP) is 0.723. The average Bonchev–Trinajstić information content (AvgIpc) is 2.40. The molecule has 0 unspecified atom stereocenters. The topological polar surface area (TPSA) is 38.3 Å². The highest BCUT2D eigenvalue weighted by Gasteiger charge is 2.17. The van der Waals surface area contributed by atoms with Gasteiger partial charge in [0.2, 0.25) is 0 Å². The van der Waals surface area contributed by atoms with Crippen molar-refractivity contribution in [3.8, 4) is 0 Å². The van der Waals surface area contributed by atoms with Crippen molar-refractivity contribution in [2.75, 3.05) is 13.1 Å². The number of hydrogen-bond acceptors (Lipinski definition) is 3. The Hall–Kier alpha value is -0.280. The number of hydrogen-bond donors (Lipinski definition) is 1. The number of ether oxygens (including phenoxy) is 1. The predicted molar refractivity (Wildman–Crippen MR) is 44.9 cm³/mol. The molecule has 0 aliphatic carbocycles. The Kier molecular flexibility index (Phi) is 5.24. The summed E-state index contributed by atoms with van der Waals surface area (Å²) in [5.41, 5.74) is 0. The number of halogens is 1. The quantitative estimate of drug-likeness (QED) is 0.635. The third-order valence-electron chi connectivity index (χ3n) is 1.60. The zero-order chi connectivity index (χ0) is 7.40. The van der Waals surface area contributed by atoms with Crippen molar-refractivity contribution in [1.29, 1.82) is 0 Å². The lowest BCUT2D eigenvalue weighted by atomic mass is 10.3. The molecule has 4 heteroatoms. The van der Waals surface area contributed by atoms with Crippen molar-refractivity contribution in [2.45, 2.75) is 25.9 Å². The van der Waals surface area contributed by atoms with Crippen molar-refractivity contribution in [3.05, 3.63) is 0 Å². The molecule has 0 saturated carbocycles. The summed E-state index contributed by atoms with van der Waals surface area (Å²) < 4.78 is 5.06. The summed E-state index contributed by atoms with van der Waals surface area (Å²) in [6, 6.07) is 0. The van der Waals surface area contributed by atoms with Crippen LogP contribution in [0, 0.1) is 0 Å². The third kappa shape index (κ3) is 3.58. The highest BCUT2D eigenvalue weighted by Crippen LogP contribution is 2.03. The van der Waals surface area contributed by atoms with Crippen LogP contribution in [0.5, 0.6) is 0 Å². The largest absolute Gasteiger partial charge is 0.461 e. The van der Waals surface area contributed by atoms with Gasteiger partial charge in [0.25, 0.3) is 0 Å². The van der Waals surface area contributed by atoms with Gasteiger partial charge in [-0.25, -0.2) is 0 Å². The Bertz CT molecular complexity index is 124. The summed E-state index contributed by atoms with van der Waals surface area (Å²) in [5, 5.41) is 3.12. The van der Waals surface area contributed by atoms with Crippen LogP contribution in [-0.2, 0) is 9.53 Å². The second-order valence-electron chi connectivity index (χ2n) is 2.46. The second kappa shape index (κ2) is 5.38. The van der Waals surface area contributed by atoms with Crippen molar-refractivity contribution in [3.63, 3.8) is 0 Å². The molecule has 0 aromatic carbocycles. The van der Waals surface area contributed by atoms with E-state index in [9.17, 15) is 4.79 Å². The van der Waals surface area contributed by atoms with E-state index in [1.807, 2.05) is 6.92 Å². The molecule has 0 bridgehead atoms. The maximum Gasteiger partial charge on any atom is 0.305 e.